The van der Waals surface area contributed by atoms with Crippen LogP contribution in [0.1, 0.15) is 48.0 Å². The summed E-state index contributed by atoms with van der Waals surface area (Å²) >= 11 is 2.99. The number of para-hydroxylation sites is 1. The Morgan fingerprint density at radius 2 is 2.04 bits per heavy atom. The normalized spacial score (nSPS) is 19.9. The summed E-state index contributed by atoms with van der Waals surface area (Å²) in [6, 6.07) is 9.94. The lowest BCUT2D eigenvalue weighted by Crippen LogP contribution is -2.41. The SMILES string of the molecule is Cc1nnc(Sc2cc(C(=O)N[C@H]3CCCC[C@@H]3C)c3ccccc3n2)s1. The molecule has 5 nitrogen and oxygen atoms in total. The van der Waals surface area contributed by atoms with E-state index in [2.05, 4.69) is 22.4 Å². The van der Waals surface area contributed by atoms with Crippen molar-refractivity contribution in [1.29, 1.82) is 0 Å². The van der Waals surface area contributed by atoms with Crippen molar-refractivity contribution in [2.24, 2.45) is 5.92 Å². The number of fused-ring (bicyclic) bond motifs is 1. The second-order valence-electron chi connectivity index (χ2n) is 7.06. The molecule has 0 spiro atoms. The van der Waals surface area contributed by atoms with E-state index in [-0.39, 0.29) is 11.9 Å². The molecule has 0 radical (unpaired) electrons. The summed E-state index contributed by atoms with van der Waals surface area (Å²) < 4.78 is 0.836. The Hall–Kier alpha value is -1.99. The van der Waals surface area contributed by atoms with E-state index in [4.69, 9.17) is 4.98 Å². The molecule has 2 aromatic heterocycles. The van der Waals surface area contributed by atoms with Gasteiger partial charge in [-0.3, -0.25) is 4.79 Å². The number of nitrogens with one attached hydrogen (secondary N) is 1. The summed E-state index contributed by atoms with van der Waals surface area (Å²) in [6.07, 6.45) is 4.68. The minimum Gasteiger partial charge on any atom is -0.349 e. The third kappa shape index (κ3) is 4.14. The molecule has 0 saturated heterocycles. The first-order valence-electron chi connectivity index (χ1n) is 9.29. The van der Waals surface area contributed by atoms with Gasteiger partial charge in [-0.05, 0) is 49.6 Å². The van der Waals surface area contributed by atoms with Crippen molar-refractivity contribution in [2.45, 2.75) is 54.9 Å². The van der Waals surface area contributed by atoms with Crippen LogP contribution in [0.15, 0.2) is 39.7 Å². The third-order valence-electron chi connectivity index (χ3n) is 5.06. The first-order valence-corrected chi connectivity index (χ1v) is 10.9. The summed E-state index contributed by atoms with van der Waals surface area (Å²) in [5.74, 6) is 0.511. The van der Waals surface area contributed by atoms with Crippen LogP contribution in [0.3, 0.4) is 0 Å². The Kier molecular flexibility index (Phi) is 5.41. The molecule has 1 aliphatic rings. The second kappa shape index (κ2) is 7.94. The molecule has 27 heavy (non-hydrogen) atoms. The zero-order valence-corrected chi connectivity index (χ0v) is 17.1. The summed E-state index contributed by atoms with van der Waals surface area (Å²) in [5.41, 5.74) is 1.51. The van der Waals surface area contributed by atoms with Crippen LogP contribution >= 0.6 is 23.1 Å². The van der Waals surface area contributed by atoms with E-state index in [1.165, 1.54) is 42.4 Å². The highest BCUT2D eigenvalue weighted by molar-refractivity contribution is 8.01. The highest BCUT2D eigenvalue weighted by atomic mass is 32.2. The predicted octanol–water partition coefficient (Wildman–Crippen LogP) is 4.85. The van der Waals surface area contributed by atoms with Crippen molar-refractivity contribution >= 4 is 39.9 Å². The highest BCUT2D eigenvalue weighted by Crippen LogP contribution is 2.32. The number of hydrogen-bond donors (Lipinski definition) is 1. The molecular formula is C20H22N4OS2. The van der Waals surface area contributed by atoms with E-state index in [0.29, 0.717) is 11.5 Å². The number of carbonyl (C=O) groups excluding carboxylic acids is 1. The van der Waals surface area contributed by atoms with Gasteiger partial charge in [-0.1, -0.05) is 49.3 Å². The van der Waals surface area contributed by atoms with E-state index >= 15 is 0 Å². The maximum atomic E-state index is 13.1. The molecule has 3 aromatic rings. The molecule has 1 aromatic carbocycles. The molecule has 1 fully saturated rings. The van der Waals surface area contributed by atoms with Crippen LogP contribution < -0.4 is 5.32 Å². The van der Waals surface area contributed by atoms with Gasteiger partial charge in [0, 0.05) is 11.4 Å². The number of aryl methyl sites for hydroxylation is 1. The Morgan fingerprint density at radius 3 is 2.81 bits per heavy atom. The summed E-state index contributed by atoms with van der Waals surface area (Å²) in [5, 5.41) is 14.1. The molecule has 1 amide bonds. The molecule has 7 heteroatoms. The molecule has 0 unspecified atom stereocenters. The van der Waals surface area contributed by atoms with Gasteiger partial charge in [0.2, 0.25) is 0 Å². The highest BCUT2D eigenvalue weighted by Gasteiger charge is 2.24. The lowest BCUT2D eigenvalue weighted by atomic mass is 9.86. The van der Waals surface area contributed by atoms with Crippen molar-refractivity contribution in [1.82, 2.24) is 20.5 Å². The number of hydrogen-bond acceptors (Lipinski definition) is 6. The minimum atomic E-state index is -0.0114. The van der Waals surface area contributed by atoms with Crippen LogP contribution in [-0.4, -0.2) is 27.1 Å². The monoisotopic (exact) mass is 398 g/mol. The van der Waals surface area contributed by atoms with Gasteiger partial charge in [-0.25, -0.2) is 4.98 Å². The molecule has 140 valence electrons. The first kappa shape index (κ1) is 18.4. The van der Waals surface area contributed by atoms with Crippen LogP contribution in [0, 0.1) is 12.8 Å². The van der Waals surface area contributed by atoms with Gasteiger partial charge in [-0.2, -0.15) is 0 Å². The molecular weight excluding hydrogens is 376 g/mol. The van der Waals surface area contributed by atoms with Crippen molar-refractivity contribution in [3.63, 3.8) is 0 Å². The number of nitrogens with zero attached hydrogens (tertiary/aromatic N) is 3. The van der Waals surface area contributed by atoms with Gasteiger partial charge >= 0.3 is 0 Å². The van der Waals surface area contributed by atoms with Crippen molar-refractivity contribution in [2.75, 3.05) is 0 Å². The molecule has 0 aliphatic heterocycles. The van der Waals surface area contributed by atoms with Gasteiger partial charge in [0.05, 0.1) is 11.1 Å². The summed E-state index contributed by atoms with van der Waals surface area (Å²) in [6.45, 7) is 4.16. The Labute approximate surface area is 167 Å². The summed E-state index contributed by atoms with van der Waals surface area (Å²) in [7, 11) is 0. The Bertz CT molecular complexity index is 972. The van der Waals surface area contributed by atoms with Crippen molar-refractivity contribution in [3.05, 3.63) is 40.9 Å². The minimum absolute atomic E-state index is 0.0114. The van der Waals surface area contributed by atoms with Crippen molar-refractivity contribution < 1.29 is 4.79 Å². The Balaban J connectivity index is 1.66. The number of amides is 1. The topological polar surface area (TPSA) is 67.8 Å². The molecule has 2 heterocycles. The van der Waals surface area contributed by atoms with Crippen molar-refractivity contribution in [3.8, 4) is 0 Å². The number of rotatable bonds is 4. The quantitative estimate of drug-likeness (QED) is 0.680. The summed E-state index contributed by atoms with van der Waals surface area (Å²) in [4.78, 5) is 17.8. The van der Waals surface area contributed by atoms with Crippen LogP contribution in [0.5, 0.6) is 0 Å². The van der Waals surface area contributed by atoms with Gasteiger partial charge < -0.3 is 5.32 Å². The van der Waals surface area contributed by atoms with Gasteiger partial charge in [-0.15, -0.1) is 10.2 Å². The van der Waals surface area contributed by atoms with Crippen LogP contribution in [0.25, 0.3) is 10.9 Å². The molecule has 1 saturated carbocycles. The second-order valence-corrected chi connectivity index (χ2v) is 9.51. The van der Waals surface area contributed by atoms with E-state index < -0.39 is 0 Å². The molecule has 1 N–H and O–H groups in total. The van der Waals surface area contributed by atoms with Gasteiger partial charge in [0.15, 0.2) is 4.34 Å². The van der Waals surface area contributed by atoms with E-state index in [1.807, 2.05) is 37.3 Å². The number of benzene rings is 1. The number of pyridine rings is 1. The standard InChI is InChI=1S/C20H22N4OS2/c1-12-7-3-5-9-16(12)22-19(25)15-11-18(27-20-24-23-13(2)26-20)21-17-10-6-4-8-14(15)17/h4,6,8,10-12,16H,3,5,7,9H2,1-2H3,(H,22,25)/t12-,16-/m0/s1. The first-order chi connectivity index (χ1) is 13.1. The fourth-order valence-corrected chi connectivity index (χ4v) is 5.36. The largest absolute Gasteiger partial charge is 0.349 e. The molecule has 1 aliphatic carbocycles. The lowest BCUT2D eigenvalue weighted by molar-refractivity contribution is 0.0911. The third-order valence-corrected chi connectivity index (χ3v) is 6.87. The Morgan fingerprint density at radius 1 is 1.22 bits per heavy atom. The fourth-order valence-electron chi connectivity index (χ4n) is 3.58. The number of aromatic nitrogens is 3. The van der Waals surface area contributed by atoms with Crippen LogP contribution in [0.4, 0.5) is 0 Å². The average molecular weight is 399 g/mol. The molecule has 0 bridgehead atoms. The number of carbonyl (C=O) groups is 1. The zero-order chi connectivity index (χ0) is 18.8. The smallest absolute Gasteiger partial charge is 0.252 e. The van der Waals surface area contributed by atoms with Crippen LogP contribution in [0.2, 0.25) is 0 Å². The van der Waals surface area contributed by atoms with Gasteiger partial charge in [0.1, 0.15) is 10.0 Å². The maximum absolute atomic E-state index is 13.1. The fraction of sp³-hybridized carbons (Fsp3) is 0.400. The lowest BCUT2D eigenvalue weighted by Gasteiger charge is -2.29. The predicted molar refractivity (Wildman–Crippen MR) is 109 cm³/mol. The average Bonchev–Trinajstić information content (AvgIpc) is 3.07. The van der Waals surface area contributed by atoms with E-state index in [1.54, 1.807) is 0 Å². The van der Waals surface area contributed by atoms with Gasteiger partial charge in [0.25, 0.3) is 5.91 Å². The zero-order valence-electron chi connectivity index (χ0n) is 15.4. The van der Waals surface area contributed by atoms with Crippen LogP contribution in [-0.2, 0) is 0 Å². The maximum Gasteiger partial charge on any atom is 0.252 e. The molecule has 2 atom stereocenters. The molecule has 4 rings (SSSR count). The van der Waals surface area contributed by atoms with E-state index in [0.717, 1.165) is 31.7 Å². The van der Waals surface area contributed by atoms with E-state index in [9.17, 15) is 4.79 Å².